The predicted octanol–water partition coefficient (Wildman–Crippen LogP) is 1.07. The second kappa shape index (κ2) is 9.86. The first-order valence-corrected chi connectivity index (χ1v) is 8.83. The Hall–Kier alpha value is -2.48. The van der Waals surface area contributed by atoms with E-state index in [1.165, 1.54) is 18.4 Å². The van der Waals surface area contributed by atoms with Gasteiger partial charge in [-0.05, 0) is 50.4 Å². The van der Waals surface area contributed by atoms with Crippen LogP contribution in [0.5, 0.6) is 0 Å². The minimum atomic E-state index is -1.82. The summed E-state index contributed by atoms with van der Waals surface area (Å²) in [5.41, 5.74) is 1.26. The first-order chi connectivity index (χ1) is 12.5. The van der Waals surface area contributed by atoms with Gasteiger partial charge in [-0.3, -0.25) is 14.7 Å². The van der Waals surface area contributed by atoms with Gasteiger partial charge < -0.3 is 15.1 Å². The molecule has 1 aromatic rings. The number of aliphatic carboxylic acids is 2. The largest absolute Gasteiger partial charge is 0.473 e. The summed E-state index contributed by atoms with van der Waals surface area (Å²) < 4.78 is 0. The van der Waals surface area contributed by atoms with Crippen LogP contribution in [0.1, 0.15) is 31.2 Å². The van der Waals surface area contributed by atoms with Crippen molar-refractivity contribution in [2.75, 3.05) is 26.2 Å². The maximum absolute atomic E-state index is 12.4. The minimum absolute atomic E-state index is 0.262. The topological polar surface area (TPSA) is 111 Å². The number of carboxylic acid groups (broad SMARTS) is 2. The van der Waals surface area contributed by atoms with Crippen molar-refractivity contribution in [2.45, 2.75) is 32.2 Å². The van der Waals surface area contributed by atoms with Gasteiger partial charge in [0.2, 0.25) is 5.91 Å². The molecule has 2 fully saturated rings. The van der Waals surface area contributed by atoms with Gasteiger partial charge in [0.05, 0.1) is 0 Å². The van der Waals surface area contributed by atoms with Crippen LogP contribution in [0.25, 0.3) is 0 Å². The molecule has 2 aliphatic rings. The number of carbonyl (C=O) groups excluding carboxylic acids is 1. The van der Waals surface area contributed by atoms with Crippen LogP contribution in [0.4, 0.5) is 0 Å². The van der Waals surface area contributed by atoms with Crippen LogP contribution in [0.2, 0.25) is 0 Å². The number of piperidine rings is 1. The fraction of sp³-hybridized carbons (Fsp3) is 0.556. The van der Waals surface area contributed by atoms with Gasteiger partial charge in [0, 0.05) is 37.9 Å². The molecule has 142 valence electrons. The molecule has 2 saturated heterocycles. The molecular weight excluding hydrogens is 338 g/mol. The highest BCUT2D eigenvalue weighted by molar-refractivity contribution is 6.27. The molecule has 0 saturated carbocycles. The van der Waals surface area contributed by atoms with Crippen LogP contribution in [0.3, 0.4) is 0 Å². The molecule has 0 unspecified atom stereocenters. The molecule has 0 bridgehead atoms. The van der Waals surface area contributed by atoms with Crippen LogP contribution in [-0.2, 0) is 20.9 Å². The van der Waals surface area contributed by atoms with E-state index in [4.69, 9.17) is 19.8 Å². The number of carbonyl (C=O) groups is 3. The molecule has 8 nitrogen and oxygen atoms in total. The van der Waals surface area contributed by atoms with E-state index in [1.54, 1.807) is 0 Å². The third kappa shape index (κ3) is 6.11. The lowest BCUT2D eigenvalue weighted by atomic mass is 9.95. The van der Waals surface area contributed by atoms with Crippen LogP contribution in [0.15, 0.2) is 24.5 Å². The zero-order valence-electron chi connectivity index (χ0n) is 14.7. The summed E-state index contributed by atoms with van der Waals surface area (Å²) >= 11 is 0. The number of pyridine rings is 1. The molecule has 0 radical (unpaired) electrons. The number of likely N-dealkylation sites (tertiary alicyclic amines) is 2. The van der Waals surface area contributed by atoms with E-state index in [2.05, 4.69) is 20.9 Å². The molecule has 1 aromatic heterocycles. The average Bonchev–Trinajstić information content (AvgIpc) is 3.18. The SMILES string of the molecule is O=C(C1CCN(Cc2cccnc2)CC1)N1CCCC1.O=C(O)C(=O)O. The van der Waals surface area contributed by atoms with Gasteiger partial charge in [-0.15, -0.1) is 0 Å². The van der Waals surface area contributed by atoms with Gasteiger partial charge in [0.25, 0.3) is 0 Å². The van der Waals surface area contributed by atoms with Crippen molar-refractivity contribution < 1.29 is 24.6 Å². The van der Waals surface area contributed by atoms with Gasteiger partial charge in [-0.1, -0.05) is 6.07 Å². The van der Waals surface area contributed by atoms with Crippen molar-refractivity contribution in [3.63, 3.8) is 0 Å². The van der Waals surface area contributed by atoms with E-state index in [-0.39, 0.29) is 5.92 Å². The Labute approximate surface area is 152 Å². The highest BCUT2D eigenvalue weighted by atomic mass is 16.4. The number of hydrogen-bond acceptors (Lipinski definition) is 5. The predicted molar refractivity (Wildman–Crippen MR) is 93.3 cm³/mol. The molecule has 3 heterocycles. The third-order valence-electron chi connectivity index (χ3n) is 4.67. The third-order valence-corrected chi connectivity index (χ3v) is 4.67. The van der Waals surface area contributed by atoms with E-state index in [0.717, 1.165) is 45.6 Å². The Kier molecular flexibility index (Phi) is 7.53. The van der Waals surface area contributed by atoms with Crippen LogP contribution < -0.4 is 0 Å². The number of rotatable bonds is 3. The molecule has 0 aromatic carbocycles. The van der Waals surface area contributed by atoms with Crippen molar-refractivity contribution in [3.05, 3.63) is 30.1 Å². The monoisotopic (exact) mass is 363 g/mol. The summed E-state index contributed by atoms with van der Waals surface area (Å²) in [4.78, 5) is 39.2. The summed E-state index contributed by atoms with van der Waals surface area (Å²) in [5, 5.41) is 14.8. The lowest BCUT2D eigenvalue weighted by molar-refractivity contribution is -0.159. The van der Waals surface area contributed by atoms with E-state index in [1.807, 2.05) is 18.5 Å². The number of amides is 1. The van der Waals surface area contributed by atoms with Gasteiger partial charge in [-0.25, -0.2) is 9.59 Å². The Morgan fingerprint density at radius 3 is 2.15 bits per heavy atom. The zero-order valence-corrected chi connectivity index (χ0v) is 14.7. The summed E-state index contributed by atoms with van der Waals surface area (Å²) in [6.45, 7) is 4.97. The maximum Gasteiger partial charge on any atom is 0.414 e. The standard InChI is InChI=1S/C16H23N3O.C2H2O4/c20-16(19-8-1-2-9-19)15-5-10-18(11-6-15)13-14-4-3-7-17-12-14;3-1(4)2(5)6/h3-4,7,12,15H,1-2,5-6,8-11,13H2;(H,3,4)(H,5,6). The fourth-order valence-corrected chi connectivity index (χ4v) is 3.28. The van der Waals surface area contributed by atoms with E-state index < -0.39 is 11.9 Å². The fourth-order valence-electron chi connectivity index (χ4n) is 3.28. The Bertz CT molecular complexity index is 597. The molecule has 26 heavy (non-hydrogen) atoms. The maximum atomic E-state index is 12.4. The number of nitrogens with zero attached hydrogens (tertiary/aromatic N) is 3. The smallest absolute Gasteiger partial charge is 0.414 e. The molecule has 0 atom stereocenters. The molecule has 3 rings (SSSR count). The first-order valence-electron chi connectivity index (χ1n) is 8.83. The molecule has 2 N–H and O–H groups in total. The highest BCUT2D eigenvalue weighted by Gasteiger charge is 2.29. The molecule has 0 spiro atoms. The van der Waals surface area contributed by atoms with Crippen LogP contribution >= 0.6 is 0 Å². The molecular formula is C18H25N3O5. The van der Waals surface area contributed by atoms with Gasteiger partial charge in [0.15, 0.2) is 0 Å². The first kappa shape index (κ1) is 19.8. The summed E-state index contributed by atoms with van der Waals surface area (Å²) in [6.07, 6.45) is 8.13. The van der Waals surface area contributed by atoms with E-state index >= 15 is 0 Å². The lowest BCUT2D eigenvalue weighted by Crippen LogP contribution is -2.41. The van der Waals surface area contributed by atoms with Gasteiger partial charge in [0.1, 0.15) is 0 Å². The summed E-state index contributed by atoms with van der Waals surface area (Å²) in [7, 11) is 0. The second-order valence-corrected chi connectivity index (χ2v) is 6.55. The average molecular weight is 363 g/mol. The van der Waals surface area contributed by atoms with Crippen molar-refractivity contribution in [2.24, 2.45) is 5.92 Å². The van der Waals surface area contributed by atoms with Crippen molar-refractivity contribution in [1.82, 2.24) is 14.8 Å². The number of aromatic nitrogens is 1. The molecule has 0 aliphatic carbocycles. The second-order valence-electron chi connectivity index (χ2n) is 6.55. The lowest BCUT2D eigenvalue weighted by Gasteiger charge is -2.33. The van der Waals surface area contributed by atoms with Crippen molar-refractivity contribution in [3.8, 4) is 0 Å². The number of carboxylic acids is 2. The number of hydrogen-bond donors (Lipinski definition) is 2. The Balaban J connectivity index is 0.000000352. The Morgan fingerprint density at radius 1 is 1.04 bits per heavy atom. The van der Waals surface area contributed by atoms with Crippen LogP contribution in [-0.4, -0.2) is 69.0 Å². The van der Waals surface area contributed by atoms with E-state index in [0.29, 0.717) is 5.91 Å². The molecule has 1 amide bonds. The van der Waals surface area contributed by atoms with Crippen molar-refractivity contribution >= 4 is 17.8 Å². The quantitative estimate of drug-likeness (QED) is 0.773. The zero-order chi connectivity index (χ0) is 18.9. The van der Waals surface area contributed by atoms with Gasteiger partial charge >= 0.3 is 11.9 Å². The summed E-state index contributed by atoms with van der Waals surface area (Å²) in [5.74, 6) is -2.98. The molecule has 8 heteroatoms. The Morgan fingerprint density at radius 2 is 1.65 bits per heavy atom. The minimum Gasteiger partial charge on any atom is -0.473 e. The highest BCUT2D eigenvalue weighted by Crippen LogP contribution is 2.22. The van der Waals surface area contributed by atoms with Crippen LogP contribution in [0, 0.1) is 5.92 Å². The molecule has 2 aliphatic heterocycles. The van der Waals surface area contributed by atoms with E-state index in [9.17, 15) is 4.79 Å². The van der Waals surface area contributed by atoms with Crippen molar-refractivity contribution in [1.29, 1.82) is 0 Å². The normalized spacial score (nSPS) is 18.1. The van der Waals surface area contributed by atoms with Gasteiger partial charge in [-0.2, -0.15) is 0 Å². The summed E-state index contributed by atoms with van der Waals surface area (Å²) in [6, 6.07) is 4.10.